The van der Waals surface area contributed by atoms with Gasteiger partial charge in [-0.25, -0.2) is 4.98 Å². The number of ether oxygens (including phenoxy) is 1. The molecule has 0 saturated carbocycles. The molecular formula is C10H9N3O2. The Morgan fingerprint density at radius 1 is 1.40 bits per heavy atom. The third kappa shape index (κ3) is 2.08. The van der Waals surface area contributed by atoms with Crippen LogP contribution in [0.25, 0.3) is 11.0 Å². The van der Waals surface area contributed by atoms with Gasteiger partial charge in [0, 0.05) is 17.6 Å². The van der Waals surface area contributed by atoms with Crippen LogP contribution >= 0.6 is 0 Å². The summed E-state index contributed by atoms with van der Waals surface area (Å²) >= 11 is 0. The van der Waals surface area contributed by atoms with E-state index in [1.54, 1.807) is 18.3 Å². The van der Waals surface area contributed by atoms with Crippen molar-refractivity contribution >= 4 is 17.0 Å². The molecule has 0 atom stereocenters. The molecule has 0 fully saturated rings. The minimum atomic E-state index is -0.516. The Morgan fingerprint density at radius 3 is 3.07 bits per heavy atom. The minimum Gasteiger partial charge on any atom is -0.406 e. The van der Waals surface area contributed by atoms with E-state index in [4.69, 9.17) is 10.5 Å². The van der Waals surface area contributed by atoms with Gasteiger partial charge < -0.3 is 10.5 Å². The molecule has 0 spiro atoms. The lowest BCUT2D eigenvalue weighted by molar-refractivity contribution is -0.133. The number of rotatable bonds is 2. The first-order valence-corrected chi connectivity index (χ1v) is 4.42. The summed E-state index contributed by atoms with van der Waals surface area (Å²) in [6, 6.07) is 7.09. The monoisotopic (exact) mass is 203 g/mol. The van der Waals surface area contributed by atoms with Gasteiger partial charge in [0.05, 0.1) is 6.54 Å². The Kier molecular flexibility index (Phi) is 2.55. The second-order valence-corrected chi connectivity index (χ2v) is 2.88. The molecule has 2 rings (SSSR count). The fourth-order valence-electron chi connectivity index (χ4n) is 1.15. The molecule has 5 heteroatoms. The van der Waals surface area contributed by atoms with E-state index in [9.17, 15) is 4.79 Å². The van der Waals surface area contributed by atoms with Crippen LogP contribution in [0, 0.1) is 0 Å². The van der Waals surface area contributed by atoms with Crippen molar-refractivity contribution < 1.29 is 9.53 Å². The maximum absolute atomic E-state index is 10.9. The quantitative estimate of drug-likeness (QED) is 0.719. The van der Waals surface area contributed by atoms with Crippen molar-refractivity contribution in [1.82, 2.24) is 9.97 Å². The van der Waals surface area contributed by atoms with Gasteiger partial charge in [-0.1, -0.05) is 0 Å². The average molecular weight is 203 g/mol. The fourth-order valence-corrected chi connectivity index (χ4v) is 1.15. The Bertz CT molecular complexity index is 499. The predicted octanol–water partition coefficient (Wildman–Crippen LogP) is 0.494. The summed E-state index contributed by atoms with van der Waals surface area (Å²) in [7, 11) is 0. The van der Waals surface area contributed by atoms with Gasteiger partial charge >= 0.3 is 5.97 Å². The van der Waals surface area contributed by atoms with Gasteiger partial charge in [0.25, 0.3) is 0 Å². The van der Waals surface area contributed by atoms with Crippen LogP contribution in [0.2, 0.25) is 0 Å². The van der Waals surface area contributed by atoms with Crippen molar-refractivity contribution in [2.45, 2.75) is 0 Å². The first-order chi connectivity index (χ1) is 7.29. The lowest BCUT2D eigenvalue weighted by Crippen LogP contribution is -2.19. The van der Waals surface area contributed by atoms with E-state index in [1.165, 1.54) is 0 Å². The molecule has 0 aromatic carbocycles. The molecule has 2 N–H and O–H groups in total. The Balaban J connectivity index is 2.34. The largest absolute Gasteiger partial charge is 0.406 e. The van der Waals surface area contributed by atoms with Crippen LogP contribution in [-0.4, -0.2) is 22.5 Å². The van der Waals surface area contributed by atoms with Gasteiger partial charge in [0.1, 0.15) is 0 Å². The second-order valence-electron chi connectivity index (χ2n) is 2.88. The van der Waals surface area contributed by atoms with Gasteiger partial charge in [-0.05, 0) is 18.2 Å². The van der Waals surface area contributed by atoms with Crippen molar-refractivity contribution in [3.63, 3.8) is 0 Å². The Labute approximate surface area is 85.9 Å². The zero-order valence-electron chi connectivity index (χ0n) is 7.88. The van der Waals surface area contributed by atoms with Crippen LogP contribution < -0.4 is 10.5 Å². The van der Waals surface area contributed by atoms with E-state index in [1.807, 2.05) is 12.1 Å². The highest BCUT2D eigenvalue weighted by molar-refractivity contribution is 5.77. The molecule has 0 aliphatic rings. The maximum Gasteiger partial charge on any atom is 0.326 e. The first-order valence-electron chi connectivity index (χ1n) is 4.42. The highest BCUT2D eigenvalue weighted by atomic mass is 16.5. The van der Waals surface area contributed by atoms with Crippen molar-refractivity contribution in [3.8, 4) is 5.88 Å². The number of carbonyl (C=O) groups is 1. The van der Waals surface area contributed by atoms with Gasteiger partial charge in [-0.2, -0.15) is 4.98 Å². The fraction of sp³-hybridized carbons (Fsp3) is 0.100. The van der Waals surface area contributed by atoms with Gasteiger partial charge in [-0.15, -0.1) is 0 Å². The topological polar surface area (TPSA) is 78.1 Å². The number of esters is 1. The van der Waals surface area contributed by atoms with Crippen molar-refractivity contribution in [3.05, 3.63) is 30.5 Å². The van der Waals surface area contributed by atoms with Gasteiger partial charge in [0.15, 0.2) is 5.65 Å². The summed E-state index contributed by atoms with van der Waals surface area (Å²) in [6.07, 6.45) is 1.63. The SMILES string of the molecule is NCC(=O)Oc1ccc2cccnc2n1. The molecule has 15 heavy (non-hydrogen) atoms. The maximum atomic E-state index is 10.9. The third-order valence-electron chi connectivity index (χ3n) is 1.82. The van der Waals surface area contributed by atoms with E-state index in [0.29, 0.717) is 5.65 Å². The number of pyridine rings is 2. The third-order valence-corrected chi connectivity index (χ3v) is 1.82. The minimum absolute atomic E-state index is 0.165. The number of carbonyl (C=O) groups excluding carboxylic acids is 1. The number of hydrogen-bond donors (Lipinski definition) is 1. The molecule has 0 aliphatic heterocycles. The predicted molar refractivity (Wildman–Crippen MR) is 54.2 cm³/mol. The van der Waals surface area contributed by atoms with E-state index in [2.05, 4.69) is 9.97 Å². The van der Waals surface area contributed by atoms with Crippen molar-refractivity contribution in [2.75, 3.05) is 6.54 Å². The van der Waals surface area contributed by atoms with Crippen LogP contribution in [0.1, 0.15) is 0 Å². The Morgan fingerprint density at radius 2 is 2.27 bits per heavy atom. The summed E-state index contributed by atoms with van der Waals surface area (Å²) in [4.78, 5) is 19.0. The van der Waals surface area contributed by atoms with E-state index in [-0.39, 0.29) is 12.4 Å². The van der Waals surface area contributed by atoms with Crippen molar-refractivity contribution in [2.24, 2.45) is 5.73 Å². The first kappa shape index (κ1) is 9.54. The average Bonchev–Trinajstić information content (AvgIpc) is 2.29. The standard InChI is InChI=1S/C10H9N3O2/c11-6-9(14)15-8-4-3-7-2-1-5-12-10(7)13-8/h1-5H,6,11H2. The smallest absolute Gasteiger partial charge is 0.326 e. The van der Waals surface area contributed by atoms with Gasteiger partial charge in [-0.3, -0.25) is 4.79 Å². The Hall–Kier alpha value is -2.01. The number of fused-ring (bicyclic) bond motifs is 1. The van der Waals surface area contributed by atoms with Crippen LogP contribution in [0.3, 0.4) is 0 Å². The lowest BCUT2D eigenvalue weighted by atomic mass is 10.3. The molecule has 0 unspecified atom stereocenters. The molecule has 0 bridgehead atoms. The van der Waals surface area contributed by atoms with Crippen LogP contribution in [0.4, 0.5) is 0 Å². The number of nitrogens with zero attached hydrogens (tertiary/aromatic N) is 2. The lowest BCUT2D eigenvalue weighted by Gasteiger charge is -2.01. The van der Waals surface area contributed by atoms with E-state index in [0.717, 1.165) is 5.39 Å². The number of hydrogen-bond acceptors (Lipinski definition) is 5. The molecule has 0 aliphatic carbocycles. The number of nitrogens with two attached hydrogens (primary N) is 1. The normalized spacial score (nSPS) is 10.2. The summed E-state index contributed by atoms with van der Waals surface area (Å²) in [5.41, 5.74) is 5.66. The summed E-state index contributed by atoms with van der Waals surface area (Å²) < 4.78 is 4.86. The number of aromatic nitrogens is 2. The van der Waals surface area contributed by atoms with E-state index < -0.39 is 5.97 Å². The highest BCUT2D eigenvalue weighted by Gasteiger charge is 2.04. The molecule has 5 nitrogen and oxygen atoms in total. The second kappa shape index (κ2) is 4.02. The van der Waals surface area contributed by atoms with Crippen LogP contribution in [0.15, 0.2) is 30.5 Å². The van der Waals surface area contributed by atoms with Gasteiger partial charge in [0.2, 0.25) is 5.88 Å². The molecule has 0 radical (unpaired) electrons. The van der Waals surface area contributed by atoms with Crippen LogP contribution in [0.5, 0.6) is 5.88 Å². The molecule has 0 saturated heterocycles. The molecule has 76 valence electrons. The summed E-state index contributed by atoms with van der Waals surface area (Å²) in [5, 5.41) is 0.894. The zero-order valence-corrected chi connectivity index (χ0v) is 7.88. The molecule has 2 aromatic heterocycles. The van der Waals surface area contributed by atoms with E-state index >= 15 is 0 Å². The highest BCUT2D eigenvalue weighted by Crippen LogP contribution is 2.13. The zero-order chi connectivity index (χ0) is 10.7. The molecule has 2 aromatic rings. The molecule has 2 heterocycles. The van der Waals surface area contributed by atoms with Crippen molar-refractivity contribution in [1.29, 1.82) is 0 Å². The summed E-state index contributed by atoms with van der Waals surface area (Å²) in [6.45, 7) is -0.165. The van der Waals surface area contributed by atoms with Crippen LogP contribution in [-0.2, 0) is 4.79 Å². The molecule has 0 amide bonds. The molecular weight excluding hydrogens is 194 g/mol. The summed E-state index contributed by atoms with van der Waals surface area (Å²) in [5.74, 6) is -0.297.